The first-order chi connectivity index (χ1) is 13.3. The molecule has 0 aromatic heterocycles. The Balaban J connectivity index is 1.85. The van der Waals surface area contributed by atoms with Crippen LogP contribution in [0.2, 0.25) is 0 Å². The standard InChI is InChI=1S/C21H27N3O3S/c1-15-12-17(13-20(16(15)2)28(26,27)22-3)21(25)23-18-8-7-9-19(14-18)24-10-5-4-6-11-24/h7-9,12-14,22H,4-6,10-11H2,1-3H3,(H,23,25). The predicted molar refractivity (Wildman–Crippen MR) is 113 cm³/mol. The fourth-order valence-electron chi connectivity index (χ4n) is 3.48. The zero-order valence-corrected chi connectivity index (χ0v) is 17.4. The zero-order chi connectivity index (χ0) is 20.3. The van der Waals surface area contributed by atoms with Crippen molar-refractivity contribution >= 4 is 27.3 Å². The van der Waals surface area contributed by atoms with Crippen molar-refractivity contribution in [3.8, 4) is 0 Å². The van der Waals surface area contributed by atoms with Gasteiger partial charge in [0.15, 0.2) is 0 Å². The lowest BCUT2D eigenvalue weighted by Gasteiger charge is -2.29. The summed E-state index contributed by atoms with van der Waals surface area (Å²) in [5, 5.41) is 2.90. The van der Waals surface area contributed by atoms with Gasteiger partial charge in [-0.2, -0.15) is 0 Å². The van der Waals surface area contributed by atoms with Crippen LogP contribution in [-0.2, 0) is 10.0 Å². The van der Waals surface area contributed by atoms with E-state index in [0.717, 1.165) is 24.3 Å². The van der Waals surface area contributed by atoms with Gasteiger partial charge in [-0.1, -0.05) is 6.07 Å². The van der Waals surface area contributed by atoms with E-state index >= 15 is 0 Å². The topological polar surface area (TPSA) is 78.5 Å². The monoisotopic (exact) mass is 401 g/mol. The number of hydrogen-bond acceptors (Lipinski definition) is 4. The first kappa shape index (κ1) is 20.4. The van der Waals surface area contributed by atoms with Gasteiger partial charge in [0.1, 0.15) is 0 Å². The summed E-state index contributed by atoms with van der Waals surface area (Å²) in [5.74, 6) is -0.327. The summed E-state index contributed by atoms with van der Waals surface area (Å²) in [6.45, 7) is 5.60. The molecular weight excluding hydrogens is 374 g/mol. The molecule has 2 N–H and O–H groups in total. The van der Waals surface area contributed by atoms with Gasteiger partial charge in [-0.15, -0.1) is 0 Å². The van der Waals surface area contributed by atoms with Gasteiger partial charge in [0.05, 0.1) is 4.90 Å². The number of amides is 1. The molecule has 3 rings (SSSR count). The first-order valence-corrected chi connectivity index (χ1v) is 11.0. The highest BCUT2D eigenvalue weighted by molar-refractivity contribution is 7.89. The second-order valence-electron chi connectivity index (χ2n) is 7.18. The van der Waals surface area contributed by atoms with Crippen molar-refractivity contribution in [2.75, 3.05) is 30.4 Å². The summed E-state index contributed by atoms with van der Waals surface area (Å²) in [5.41, 5.74) is 3.50. The number of sulfonamides is 1. The minimum atomic E-state index is -3.64. The van der Waals surface area contributed by atoms with Crippen molar-refractivity contribution in [1.29, 1.82) is 0 Å². The molecule has 6 nitrogen and oxygen atoms in total. The molecule has 1 aliphatic heterocycles. The quantitative estimate of drug-likeness (QED) is 0.804. The summed E-state index contributed by atoms with van der Waals surface area (Å²) in [6, 6.07) is 10.9. The lowest BCUT2D eigenvalue weighted by Crippen LogP contribution is -2.29. The maximum absolute atomic E-state index is 12.8. The molecule has 0 unspecified atom stereocenters. The molecule has 0 aliphatic carbocycles. The Morgan fingerprint density at radius 2 is 1.75 bits per heavy atom. The average molecular weight is 402 g/mol. The number of benzene rings is 2. The summed E-state index contributed by atoms with van der Waals surface area (Å²) in [7, 11) is -2.27. The minimum Gasteiger partial charge on any atom is -0.371 e. The number of carbonyl (C=O) groups is 1. The summed E-state index contributed by atoms with van der Waals surface area (Å²) in [6.07, 6.45) is 3.63. The van der Waals surface area contributed by atoms with Crippen LogP contribution >= 0.6 is 0 Å². The molecule has 0 atom stereocenters. The van der Waals surface area contributed by atoms with Crippen molar-refractivity contribution in [3.05, 3.63) is 53.1 Å². The van der Waals surface area contributed by atoms with Gasteiger partial charge >= 0.3 is 0 Å². The van der Waals surface area contributed by atoms with Gasteiger partial charge < -0.3 is 10.2 Å². The molecule has 0 saturated carbocycles. The van der Waals surface area contributed by atoms with Crippen molar-refractivity contribution < 1.29 is 13.2 Å². The smallest absolute Gasteiger partial charge is 0.255 e. The second-order valence-corrected chi connectivity index (χ2v) is 9.03. The van der Waals surface area contributed by atoms with Crippen molar-refractivity contribution in [2.24, 2.45) is 0 Å². The van der Waals surface area contributed by atoms with Gasteiger partial charge in [0.25, 0.3) is 5.91 Å². The highest BCUT2D eigenvalue weighted by Crippen LogP contribution is 2.25. The van der Waals surface area contributed by atoms with Crippen LogP contribution in [0.3, 0.4) is 0 Å². The Morgan fingerprint density at radius 3 is 2.43 bits per heavy atom. The van der Waals surface area contributed by atoms with Crippen LogP contribution in [0.1, 0.15) is 40.7 Å². The maximum Gasteiger partial charge on any atom is 0.255 e. The summed E-state index contributed by atoms with van der Waals surface area (Å²) >= 11 is 0. The molecule has 1 fully saturated rings. The van der Waals surface area contributed by atoms with Crippen LogP contribution in [0.4, 0.5) is 11.4 Å². The van der Waals surface area contributed by atoms with Crippen LogP contribution < -0.4 is 14.9 Å². The van der Waals surface area contributed by atoms with Gasteiger partial charge in [0.2, 0.25) is 10.0 Å². The minimum absolute atomic E-state index is 0.127. The Morgan fingerprint density at radius 1 is 1.04 bits per heavy atom. The second kappa shape index (κ2) is 8.32. The Hall–Kier alpha value is -2.38. The Kier molecular flexibility index (Phi) is 6.05. The number of anilines is 2. The average Bonchev–Trinajstić information content (AvgIpc) is 2.70. The molecule has 1 amide bonds. The molecule has 0 radical (unpaired) electrons. The lowest BCUT2D eigenvalue weighted by atomic mass is 10.1. The van der Waals surface area contributed by atoms with Crippen LogP contribution in [0.25, 0.3) is 0 Å². The maximum atomic E-state index is 12.8. The zero-order valence-electron chi connectivity index (χ0n) is 16.6. The molecule has 7 heteroatoms. The SMILES string of the molecule is CNS(=O)(=O)c1cc(C(=O)Nc2cccc(N3CCCCC3)c2)cc(C)c1C. The molecule has 2 aromatic carbocycles. The van der Waals surface area contributed by atoms with E-state index in [0.29, 0.717) is 16.8 Å². The molecule has 1 saturated heterocycles. The Bertz CT molecular complexity index is 980. The summed E-state index contributed by atoms with van der Waals surface area (Å²) in [4.78, 5) is 15.2. The van der Waals surface area contributed by atoms with Gasteiger partial charge in [0, 0.05) is 30.0 Å². The number of nitrogens with zero attached hydrogens (tertiary/aromatic N) is 1. The van der Waals surface area contributed by atoms with E-state index in [4.69, 9.17) is 0 Å². The van der Waals surface area contributed by atoms with Gasteiger partial charge in [-0.25, -0.2) is 13.1 Å². The molecule has 1 aliphatic rings. The molecular formula is C21H27N3O3S. The number of aryl methyl sites for hydroxylation is 1. The van der Waals surface area contributed by atoms with Crippen LogP contribution in [0, 0.1) is 13.8 Å². The fourth-order valence-corrected chi connectivity index (χ4v) is 4.55. The number of hydrogen-bond donors (Lipinski definition) is 2. The molecule has 28 heavy (non-hydrogen) atoms. The van der Waals surface area contributed by atoms with E-state index in [1.54, 1.807) is 19.9 Å². The number of nitrogens with one attached hydrogen (secondary N) is 2. The van der Waals surface area contributed by atoms with E-state index in [1.165, 1.54) is 32.4 Å². The van der Waals surface area contributed by atoms with E-state index < -0.39 is 10.0 Å². The number of rotatable bonds is 5. The third-order valence-corrected chi connectivity index (χ3v) is 6.81. The molecule has 1 heterocycles. The predicted octanol–water partition coefficient (Wildman–Crippen LogP) is 3.45. The van der Waals surface area contributed by atoms with E-state index in [2.05, 4.69) is 21.0 Å². The lowest BCUT2D eigenvalue weighted by molar-refractivity contribution is 0.102. The molecule has 0 bridgehead atoms. The van der Waals surface area contributed by atoms with Crippen LogP contribution in [-0.4, -0.2) is 34.5 Å². The van der Waals surface area contributed by atoms with Crippen LogP contribution in [0.15, 0.2) is 41.3 Å². The highest BCUT2D eigenvalue weighted by atomic mass is 32.2. The normalized spacial score (nSPS) is 14.8. The molecule has 0 spiro atoms. The largest absolute Gasteiger partial charge is 0.371 e. The van der Waals surface area contributed by atoms with E-state index in [9.17, 15) is 13.2 Å². The van der Waals surface area contributed by atoms with Gasteiger partial charge in [-0.3, -0.25) is 4.79 Å². The van der Waals surface area contributed by atoms with Gasteiger partial charge in [-0.05, 0) is 81.6 Å². The van der Waals surface area contributed by atoms with Crippen molar-refractivity contribution in [2.45, 2.75) is 38.0 Å². The third-order valence-electron chi connectivity index (χ3n) is 5.27. The van der Waals surface area contributed by atoms with Crippen LogP contribution in [0.5, 0.6) is 0 Å². The van der Waals surface area contributed by atoms with Crippen molar-refractivity contribution in [3.63, 3.8) is 0 Å². The van der Waals surface area contributed by atoms with E-state index in [1.807, 2.05) is 18.2 Å². The van der Waals surface area contributed by atoms with Crippen molar-refractivity contribution in [1.82, 2.24) is 4.72 Å². The van der Waals surface area contributed by atoms with E-state index in [-0.39, 0.29) is 10.8 Å². The fraction of sp³-hybridized carbons (Fsp3) is 0.381. The summed E-state index contributed by atoms with van der Waals surface area (Å²) < 4.78 is 26.9. The third kappa shape index (κ3) is 4.36. The highest BCUT2D eigenvalue weighted by Gasteiger charge is 2.20. The number of piperidine rings is 1. The molecule has 150 valence electrons. The number of carbonyl (C=O) groups excluding carboxylic acids is 1. The molecule has 2 aromatic rings. The first-order valence-electron chi connectivity index (χ1n) is 9.53. The Labute approximate surface area is 167 Å².